The van der Waals surface area contributed by atoms with Gasteiger partial charge in [0.1, 0.15) is 30.5 Å². The number of hydrogen-bond acceptors (Lipinski definition) is 6. The van der Waals surface area contributed by atoms with Crippen LogP contribution in [0.2, 0.25) is 0 Å². The molecular formula is C28H38O6. The van der Waals surface area contributed by atoms with Crippen LogP contribution >= 0.6 is 0 Å². The van der Waals surface area contributed by atoms with Crippen molar-refractivity contribution in [2.75, 3.05) is 19.8 Å². The maximum atomic E-state index is 12.4. The van der Waals surface area contributed by atoms with E-state index in [1.165, 1.54) is 32.1 Å². The molecule has 0 aliphatic rings. The predicted molar refractivity (Wildman–Crippen MR) is 133 cm³/mol. The molecule has 0 saturated carbocycles. The first-order valence-corrected chi connectivity index (χ1v) is 12.4. The third kappa shape index (κ3) is 10.3. The van der Waals surface area contributed by atoms with Crippen molar-refractivity contribution in [2.45, 2.75) is 65.7 Å². The summed E-state index contributed by atoms with van der Waals surface area (Å²) in [5.41, 5.74) is 0.416. The largest absolute Gasteiger partial charge is 0.494 e. The van der Waals surface area contributed by atoms with Crippen molar-refractivity contribution in [1.82, 2.24) is 0 Å². The topological polar surface area (TPSA) is 71.1 Å². The monoisotopic (exact) mass is 470 g/mol. The molecule has 2 aromatic rings. The van der Waals surface area contributed by atoms with Gasteiger partial charge in [-0.15, -0.1) is 0 Å². The number of carbonyl (C=O) groups is 2. The second kappa shape index (κ2) is 15.8. The fourth-order valence-electron chi connectivity index (χ4n) is 3.14. The van der Waals surface area contributed by atoms with Crippen LogP contribution in [0.15, 0.2) is 48.5 Å². The molecule has 1 unspecified atom stereocenters. The summed E-state index contributed by atoms with van der Waals surface area (Å²) in [7, 11) is 0. The minimum absolute atomic E-state index is 0.112. The maximum absolute atomic E-state index is 12.4. The summed E-state index contributed by atoms with van der Waals surface area (Å²) < 4.78 is 21.9. The summed E-state index contributed by atoms with van der Waals surface area (Å²) in [5.74, 6) is 1.03. The Hall–Kier alpha value is -3.02. The number of benzene rings is 2. The van der Waals surface area contributed by atoms with Crippen molar-refractivity contribution in [3.63, 3.8) is 0 Å². The first kappa shape index (κ1) is 27.2. The zero-order valence-electron chi connectivity index (χ0n) is 20.7. The van der Waals surface area contributed by atoms with E-state index in [-0.39, 0.29) is 25.1 Å². The van der Waals surface area contributed by atoms with Gasteiger partial charge in [0.2, 0.25) is 0 Å². The van der Waals surface area contributed by atoms with Gasteiger partial charge in [0.15, 0.2) is 0 Å². The quantitative estimate of drug-likeness (QED) is 0.156. The van der Waals surface area contributed by atoms with Gasteiger partial charge in [0, 0.05) is 0 Å². The number of ether oxygens (including phenoxy) is 4. The van der Waals surface area contributed by atoms with E-state index in [2.05, 4.69) is 6.92 Å². The molecule has 6 heteroatoms. The molecule has 2 aromatic carbocycles. The summed E-state index contributed by atoms with van der Waals surface area (Å²) in [6.07, 6.45) is 8.08. The molecule has 0 aromatic heterocycles. The van der Waals surface area contributed by atoms with Crippen LogP contribution in [0.5, 0.6) is 17.2 Å². The highest BCUT2D eigenvalue weighted by atomic mass is 16.6. The normalized spacial score (nSPS) is 11.5. The number of rotatable bonds is 16. The molecule has 0 N–H and O–H groups in total. The van der Waals surface area contributed by atoms with Gasteiger partial charge < -0.3 is 18.9 Å². The molecule has 34 heavy (non-hydrogen) atoms. The van der Waals surface area contributed by atoms with Crippen molar-refractivity contribution in [2.24, 2.45) is 5.92 Å². The van der Waals surface area contributed by atoms with Crippen LogP contribution < -0.4 is 14.2 Å². The molecule has 1 atom stereocenters. The van der Waals surface area contributed by atoms with Crippen molar-refractivity contribution in [3.8, 4) is 17.2 Å². The third-order valence-corrected chi connectivity index (χ3v) is 5.50. The minimum atomic E-state index is -0.449. The van der Waals surface area contributed by atoms with E-state index >= 15 is 0 Å². The molecule has 0 heterocycles. The Balaban J connectivity index is 1.69. The number of hydrogen-bond donors (Lipinski definition) is 0. The van der Waals surface area contributed by atoms with Crippen LogP contribution in [0.25, 0.3) is 0 Å². The molecular weight excluding hydrogens is 432 g/mol. The zero-order chi connectivity index (χ0) is 24.6. The highest BCUT2D eigenvalue weighted by molar-refractivity contribution is 5.91. The fraction of sp³-hybridized carbons (Fsp3) is 0.500. The molecule has 0 radical (unpaired) electrons. The summed E-state index contributed by atoms with van der Waals surface area (Å²) in [5, 5.41) is 0. The third-order valence-electron chi connectivity index (χ3n) is 5.50. The van der Waals surface area contributed by atoms with Crippen molar-refractivity contribution in [3.05, 3.63) is 54.1 Å². The predicted octanol–water partition coefficient (Wildman–Crippen LogP) is 6.61. The van der Waals surface area contributed by atoms with E-state index in [0.29, 0.717) is 23.7 Å². The molecule has 0 aliphatic carbocycles. The highest BCUT2D eigenvalue weighted by Gasteiger charge is 2.12. The van der Waals surface area contributed by atoms with Gasteiger partial charge in [-0.05, 0) is 61.4 Å². The van der Waals surface area contributed by atoms with Crippen molar-refractivity contribution < 1.29 is 28.5 Å². The molecule has 0 amide bonds. The lowest BCUT2D eigenvalue weighted by Crippen LogP contribution is -2.17. The average Bonchev–Trinajstić information content (AvgIpc) is 2.86. The van der Waals surface area contributed by atoms with Gasteiger partial charge in [-0.3, -0.25) is 4.79 Å². The second-order valence-electron chi connectivity index (χ2n) is 8.33. The van der Waals surface area contributed by atoms with Crippen LogP contribution in [-0.4, -0.2) is 31.8 Å². The highest BCUT2D eigenvalue weighted by Crippen LogP contribution is 2.20. The lowest BCUT2D eigenvalue weighted by Gasteiger charge is -2.11. The Kier molecular flexibility index (Phi) is 12.6. The van der Waals surface area contributed by atoms with Gasteiger partial charge >= 0.3 is 11.9 Å². The van der Waals surface area contributed by atoms with E-state index in [1.807, 2.05) is 26.0 Å². The lowest BCUT2D eigenvalue weighted by molar-refractivity contribution is -0.148. The van der Waals surface area contributed by atoms with E-state index in [9.17, 15) is 9.59 Å². The van der Waals surface area contributed by atoms with Gasteiger partial charge in [-0.25, -0.2) is 4.79 Å². The fourth-order valence-corrected chi connectivity index (χ4v) is 3.14. The van der Waals surface area contributed by atoms with Crippen LogP contribution in [0, 0.1) is 5.92 Å². The van der Waals surface area contributed by atoms with Gasteiger partial charge in [-0.1, -0.05) is 52.9 Å². The van der Waals surface area contributed by atoms with E-state index in [0.717, 1.165) is 18.6 Å². The van der Waals surface area contributed by atoms with E-state index < -0.39 is 5.97 Å². The van der Waals surface area contributed by atoms with Crippen LogP contribution in [0.3, 0.4) is 0 Å². The Labute approximate surface area is 203 Å². The summed E-state index contributed by atoms with van der Waals surface area (Å²) in [6.45, 7) is 7.12. The van der Waals surface area contributed by atoms with Crippen LogP contribution in [-0.2, 0) is 9.53 Å². The van der Waals surface area contributed by atoms with Crippen LogP contribution in [0.4, 0.5) is 0 Å². The van der Waals surface area contributed by atoms with Gasteiger partial charge in [0.25, 0.3) is 0 Å². The van der Waals surface area contributed by atoms with E-state index in [1.54, 1.807) is 36.4 Å². The smallest absolute Gasteiger partial charge is 0.343 e. The summed E-state index contributed by atoms with van der Waals surface area (Å²) in [6, 6.07) is 13.7. The molecule has 0 aliphatic heterocycles. The standard InChI is InChI=1S/C28H38O6/c1-4-6-7-8-9-10-19-31-25-15-17-26(18-16-25)34-28(30)23-11-13-24(14-12-23)32-20-21-33-27(29)22(3)5-2/h11-18,22H,4-10,19-21H2,1-3H3. The molecule has 2 rings (SSSR count). The first-order valence-electron chi connectivity index (χ1n) is 12.4. The molecule has 0 bridgehead atoms. The van der Waals surface area contributed by atoms with Crippen LogP contribution in [0.1, 0.15) is 76.1 Å². The molecule has 0 saturated heterocycles. The minimum Gasteiger partial charge on any atom is -0.494 e. The number of carbonyl (C=O) groups excluding carboxylic acids is 2. The molecule has 186 valence electrons. The summed E-state index contributed by atoms with van der Waals surface area (Å²) in [4.78, 5) is 24.0. The lowest BCUT2D eigenvalue weighted by atomic mass is 10.1. The average molecular weight is 471 g/mol. The molecule has 6 nitrogen and oxygen atoms in total. The Morgan fingerprint density at radius 1 is 0.706 bits per heavy atom. The maximum Gasteiger partial charge on any atom is 0.343 e. The Morgan fingerprint density at radius 3 is 1.91 bits per heavy atom. The first-order chi connectivity index (χ1) is 16.5. The zero-order valence-corrected chi connectivity index (χ0v) is 20.7. The Morgan fingerprint density at radius 2 is 1.26 bits per heavy atom. The second-order valence-corrected chi connectivity index (χ2v) is 8.33. The van der Waals surface area contributed by atoms with E-state index in [4.69, 9.17) is 18.9 Å². The van der Waals surface area contributed by atoms with Gasteiger partial charge in [0.05, 0.1) is 18.1 Å². The summed E-state index contributed by atoms with van der Waals surface area (Å²) >= 11 is 0. The van der Waals surface area contributed by atoms with Crippen molar-refractivity contribution in [1.29, 1.82) is 0 Å². The van der Waals surface area contributed by atoms with Gasteiger partial charge in [-0.2, -0.15) is 0 Å². The molecule has 0 fully saturated rings. The number of esters is 2. The Bertz CT molecular complexity index is 844. The number of unbranched alkanes of at least 4 members (excludes halogenated alkanes) is 5. The molecule has 0 spiro atoms. The SMILES string of the molecule is CCCCCCCCOc1ccc(OC(=O)c2ccc(OCCOC(=O)C(C)CC)cc2)cc1. The van der Waals surface area contributed by atoms with Crippen molar-refractivity contribution >= 4 is 11.9 Å².